The highest BCUT2D eigenvalue weighted by Crippen LogP contribution is 2.37. The molecule has 1 aliphatic carbocycles. The second kappa shape index (κ2) is 8.61. The Morgan fingerprint density at radius 2 is 1.71 bits per heavy atom. The van der Waals surface area contributed by atoms with Crippen LogP contribution in [0.5, 0.6) is 5.75 Å². The van der Waals surface area contributed by atoms with E-state index in [4.69, 9.17) is 4.74 Å². The van der Waals surface area contributed by atoms with Gasteiger partial charge in [0.05, 0.1) is 7.11 Å². The highest BCUT2D eigenvalue weighted by Gasteiger charge is 2.30. The lowest BCUT2D eigenvalue weighted by Crippen LogP contribution is -2.32. The zero-order valence-electron chi connectivity index (χ0n) is 18.8. The molecule has 1 aliphatic rings. The fourth-order valence-electron chi connectivity index (χ4n) is 4.57. The zero-order valence-corrected chi connectivity index (χ0v) is 18.8. The van der Waals surface area contributed by atoms with Crippen LogP contribution in [0.4, 0.5) is 0 Å². The number of Topliss-reactive ketones (excluding diaryl/α,β-unsaturated/α-hetero) is 1. The maximum Gasteiger partial charge on any atom is 0.327 e. The molecule has 5 rings (SSSR count). The van der Waals surface area contributed by atoms with E-state index in [0.29, 0.717) is 27.6 Å². The Morgan fingerprint density at radius 1 is 1.00 bits per heavy atom. The molecule has 174 valence electrons. The van der Waals surface area contributed by atoms with Gasteiger partial charge in [0.1, 0.15) is 11.8 Å². The average molecular weight is 467 g/mol. The van der Waals surface area contributed by atoms with Crippen LogP contribution in [0.1, 0.15) is 27.5 Å². The number of carboxylic acids is 1. The molecule has 3 aromatic carbocycles. The smallest absolute Gasteiger partial charge is 0.327 e. The summed E-state index contributed by atoms with van der Waals surface area (Å²) in [5.74, 6) is -1.33. The number of phenols is 1. The van der Waals surface area contributed by atoms with E-state index in [-0.39, 0.29) is 29.1 Å². The van der Waals surface area contributed by atoms with Gasteiger partial charge in [0, 0.05) is 34.5 Å². The van der Waals surface area contributed by atoms with Crippen LogP contribution in [0.3, 0.4) is 0 Å². The summed E-state index contributed by atoms with van der Waals surface area (Å²) in [5.41, 5.74) is 2.53. The second-order valence-corrected chi connectivity index (χ2v) is 8.34. The van der Waals surface area contributed by atoms with Crippen molar-refractivity contribution in [2.24, 2.45) is 0 Å². The molecule has 0 saturated heterocycles. The molecule has 1 atom stereocenters. The Bertz CT molecular complexity index is 1570. The van der Waals surface area contributed by atoms with Crippen molar-refractivity contribution in [2.45, 2.75) is 12.5 Å². The van der Waals surface area contributed by atoms with Crippen molar-refractivity contribution < 1.29 is 24.5 Å². The van der Waals surface area contributed by atoms with E-state index in [9.17, 15) is 24.6 Å². The first-order valence-corrected chi connectivity index (χ1v) is 11.0. The number of hydrogen-bond donors (Lipinski definition) is 2. The quantitative estimate of drug-likeness (QED) is 0.435. The predicted octanol–water partition coefficient (Wildman–Crippen LogP) is 4.43. The molecule has 0 saturated carbocycles. The van der Waals surface area contributed by atoms with E-state index < -0.39 is 17.6 Å². The molecule has 4 aromatic rings. The molecule has 35 heavy (non-hydrogen) atoms. The predicted molar refractivity (Wildman–Crippen MR) is 131 cm³/mol. The summed E-state index contributed by atoms with van der Waals surface area (Å²) in [5, 5.41) is 20.3. The lowest BCUT2D eigenvalue weighted by atomic mass is 9.86. The van der Waals surface area contributed by atoms with Crippen molar-refractivity contribution in [1.82, 2.24) is 4.57 Å². The molecule has 7 heteroatoms. The van der Waals surface area contributed by atoms with Gasteiger partial charge in [-0.2, -0.15) is 0 Å². The molecule has 0 unspecified atom stereocenters. The van der Waals surface area contributed by atoms with Gasteiger partial charge in [0.15, 0.2) is 5.76 Å². The van der Waals surface area contributed by atoms with Crippen molar-refractivity contribution >= 4 is 28.6 Å². The average Bonchev–Trinajstić information content (AvgIpc) is 2.87. The van der Waals surface area contributed by atoms with Gasteiger partial charge in [-0.05, 0) is 41.0 Å². The maximum atomic E-state index is 13.6. The van der Waals surface area contributed by atoms with Crippen LogP contribution in [0.25, 0.3) is 28.0 Å². The van der Waals surface area contributed by atoms with Crippen LogP contribution >= 0.6 is 0 Å². The fourth-order valence-corrected chi connectivity index (χ4v) is 4.57. The van der Waals surface area contributed by atoms with Crippen molar-refractivity contribution in [2.75, 3.05) is 7.11 Å². The number of allylic oxidation sites excluding steroid dienone is 1. The number of benzene rings is 3. The molecule has 1 aromatic heterocycles. The van der Waals surface area contributed by atoms with Gasteiger partial charge in [-0.25, -0.2) is 4.79 Å². The minimum absolute atomic E-state index is 0.0369. The van der Waals surface area contributed by atoms with Crippen LogP contribution in [-0.2, 0) is 16.0 Å². The first kappa shape index (κ1) is 22.2. The summed E-state index contributed by atoms with van der Waals surface area (Å²) in [6.45, 7) is 0. The lowest BCUT2D eigenvalue weighted by Gasteiger charge is -2.23. The third-order valence-electron chi connectivity index (χ3n) is 6.27. The Balaban J connectivity index is 1.75. The van der Waals surface area contributed by atoms with Crippen LogP contribution in [0, 0.1) is 0 Å². The van der Waals surface area contributed by atoms with Crippen molar-refractivity contribution in [3.8, 4) is 16.9 Å². The van der Waals surface area contributed by atoms with Crippen molar-refractivity contribution in [3.05, 3.63) is 106 Å². The number of ketones is 1. The van der Waals surface area contributed by atoms with Crippen LogP contribution in [-0.4, -0.2) is 33.6 Å². The molecule has 1 heterocycles. The topological polar surface area (TPSA) is 106 Å². The number of aliphatic carboxylic acids is 1. The summed E-state index contributed by atoms with van der Waals surface area (Å²) < 4.78 is 6.54. The van der Waals surface area contributed by atoms with Gasteiger partial charge in [0.2, 0.25) is 5.78 Å². The Labute approximate surface area is 200 Å². The van der Waals surface area contributed by atoms with Gasteiger partial charge in [-0.3, -0.25) is 14.2 Å². The highest BCUT2D eigenvalue weighted by atomic mass is 16.5. The number of ether oxygens (including phenoxy) is 1. The van der Waals surface area contributed by atoms with E-state index in [1.54, 1.807) is 30.3 Å². The summed E-state index contributed by atoms with van der Waals surface area (Å²) in [4.78, 5) is 39.1. The maximum absolute atomic E-state index is 13.6. The molecule has 0 radical (unpaired) electrons. The molecule has 0 aliphatic heterocycles. The highest BCUT2D eigenvalue weighted by molar-refractivity contribution is 6.25. The molecular formula is C28H21NO6. The Kier molecular flexibility index (Phi) is 5.45. The first-order valence-electron chi connectivity index (χ1n) is 11.0. The van der Waals surface area contributed by atoms with E-state index in [0.717, 1.165) is 5.56 Å². The number of aromatic hydroxyl groups is 1. The van der Waals surface area contributed by atoms with Gasteiger partial charge in [-0.15, -0.1) is 0 Å². The lowest BCUT2D eigenvalue weighted by molar-refractivity contribution is -0.141. The molecule has 0 spiro atoms. The van der Waals surface area contributed by atoms with E-state index in [1.807, 2.05) is 30.3 Å². The standard InChI is InChI=1S/C28H21NO6/c1-35-23-14-18-15-29(22(28(33)34)13-16-7-9-19(30)10-8-16)27(32)21-12-11-20(17-5-3-2-4-6-17)25(24(18)21)26(23)31/h2-12,14-15,22,30H,13H2,1H3,(H,33,34)/t22-/m0/s1. The zero-order chi connectivity index (χ0) is 24.7. The van der Waals surface area contributed by atoms with Crippen LogP contribution in [0.15, 0.2) is 83.5 Å². The van der Waals surface area contributed by atoms with Crippen LogP contribution < -0.4 is 5.56 Å². The Morgan fingerprint density at radius 3 is 2.37 bits per heavy atom. The second-order valence-electron chi connectivity index (χ2n) is 8.34. The van der Waals surface area contributed by atoms with E-state index in [1.165, 1.54) is 30.0 Å². The number of phenolic OH excluding ortho intramolecular Hbond substituents is 1. The number of aromatic nitrogens is 1. The Hall–Kier alpha value is -4.65. The van der Waals surface area contributed by atoms with Crippen molar-refractivity contribution in [3.63, 3.8) is 0 Å². The third-order valence-corrected chi connectivity index (χ3v) is 6.27. The number of pyridine rings is 1. The normalized spacial score (nSPS) is 13.4. The number of carbonyl (C=O) groups excluding carboxylic acids is 1. The summed E-state index contributed by atoms with van der Waals surface area (Å²) >= 11 is 0. The molecule has 0 bridgehead atoms. The molecular weight excluding hydrogens is 446 g/mol. The van der Waals surface area contributed by atoms with Crippen LogP contribution in [0.2, 0.25) is 0 Å². The van der Waals surface area contributed by atoms with Gasteiger partial charge in [-0.1, -0.05) is 48.5 Å². The number of rotatable bonds is 6. The molecule has 7 nitrogen and oxygen atoms in total. The number of nitrogens with zero attached hydrogens (tertiary/aromatic N) is 1. The molecule has 2 N–H and O–H groups in total. The minimum Gasteiger partial charge on any atom is -0.508 e. The largest absolute Gasteiger partial charge is 0.508 e. The molecule has 0 fully saturated rings. The number of methoxy groups -OCH3 is 1. The summed E-state index contributed by atoms with van der Waals surface area (Å²) in [6, 6.07) is 17.7. The first-order chi connectivity index (χ1) is 16.9. The minimum atomic E-state index is -1.19. The fraction of sp³-hybridized carbons (Fsp3) is 0.107. The van der Waals surface area contributed by atoms with E-state index in [2.05, 4.69) is 0 Å². The van der Waals surface area contributed by atoms with Gasteiger partial charge in [0.25, 0.3) is 5.56 Å². The number of carboxylic acid groups (broad SMARTS) is 1. The monoisotopic (exact) mass is 467 g/mol. The SMILES string of the molecule is COC1=Cc2cn([C@@H](Cc3ccc(O)cc3)C(=O)O)c(=O)c3ccc(-c4ccccc4)c(c23)C1=O. The summed E-state index contributed by atoms with van der Waals surface area (Å²) in [6.07, 6.45) is 3.06. The third kappa shape index (κ3) is 3.77. The number of hydrogen-bond acceptors (Lipinski definition) is 5. The van der Waals surface area contributed by atoms with E-state index >= 15 is 0 Å². The molecule has 0 amide bonds. The van der Waals surface area contributed by atoms with Gasteiger partial charge >= 0.3 is 5.97 Å². The number of carbonyl (C=O) groups is 2. The van der Waals surface area contributed by atoms with Crippen molar-refractivity contribution in [1.29, 1.82) is 0 Å². The van der Waals surface area contributed by atoms with Gasteiger partial charge < -0.3 is 14.9 Å². The summed E-state index contributed by atoms with van der Waals surface area (Å²) in [7, 11) is 1.40.